The highest BCUT2D eigenvalue weighted by Gasteiger charge is 2.61. The van der Waals surface area contributed by atoms with Gasteiger partial charge in [-0.05, 0) is 19.1 Å². The zero-order valence-corrected chi connectivity index (χ0v) is 17.1. The molecule has 4 nitrogen and oxygen atoms in total. The molecule has 0 saturated heterocycles. The van der Waals surface area contributed by atoms with Gasteiger partial charge in [0.1, 0.15) is 5.71 Å². The van der Waals surface area contributed by atoms with Crippen LogP contribution in [0.3, 0.4) is 0 Å². The molecule has 0 aromatic heterocycles. The van der Waals surface area contributed by atoms with Gasteiger partial charge in [0.15, 0.2) is 0 Å². The molecular formula is C17H11Cl4NO3S. The SMILES string of the molecule is Cc1ccc(S(=O)(=O)N=C2c3ccccc3C(=O)C(Cl)(Cl)C2(Cl)Cl)cc1. The fourth-order valence-electron chi connectivity index (χ4n) is 2.51. The van der Waals surface area contributed by atoms with Gasteiger partial charge in [-0.15, -0.1) is 0 Å². The molecule has 0 saturated carbocycles. The molecule has 0 heterocycles. The third-order valence-electron chi connectivity index (χ3n) is 3.93. The minimum Gasteiger partial charge on any atom is -0.291 e. The molecule has 9 heteroatoms. The van der Waals surface area contributed by atoms with E-state index in [2.05, 4.69) is 4.40 Å². The standard InChI is InChI=1S/C17H11Cl4NO3S/c1-10-6-8-11(9-7-10)26(24,25)22-14-12-4-2-3-5-13(12)15(23)17(20,21)16(14,18)19/h2-9H,1H3. The molecule has 0 radical (unpaired) electrons. The lowest BCUT2D eigenvalue weighted by Gasteiger charge is -2.37. The van der Waals surface area contributed by atoms with Gasteiger partial charge in [0, 0.05) is 11.1 Å². The lowest BCUT2D eigenvalue weighted by molar-refractivity contribution is 0.0969. The number of sulfonamides is 1. The molecule has 3 rings (SSSR count). The monoisotopic (exact) mass is 449 g/mol. The summed E-state index contributed by atoms with van der Waals surface area (Å²) in [5.41, 5.74) is 0.832. The van der Waals surface area contributed by atoms with Crippen LogP contribution in [-0.4, -0.2) is 28.6 Å². The van der Waals surface area contributed by atoms with Gasteiger partial charge in [-0.2, -0.15) is 12.8 Å². The third-order valence-corrected chi connectivity index (χ3v) is 7.45. The van der Waals surface area contributed by atoms with Crippen LogP contribution in [0.2, 0.25) is 0 Å². The number of fused-ring (bicyclic) bond motifs is 1. The van der Waals surface area contributed by atoms with Crippen LogP contribution in [0.5, 0.6) is 0 Å². The van der Waals surface area contributed by atoms with Gasteiger partial charge in [0.05, 0.1) is 4.90 Å². The fraction of sp³-hybridized carbons (Fsp3) is 0.176. The van der Waals surface area contributed by atoms with E-state index in [1.165, 1.54) is 24.3 Å². The number of hydrogen-bond donors (Lipinski definition) is 0. The topological polar surface area (TPSA) is 63.6 Å². The van der Waals surface area contributed by atoms with Crippen molar-refractivity contribution in [2.45, 2.75) is 20.5 Å². The van der Waals surface area contributed by atoms with Gasteiger partial charge in [0.2, 0.25) is 14.4 Å². The van der Waals surface area contributed by atoms with E-state index < -0.39 is 24.5 Å². The fourth-order valence-corrected chi connectivity index (χ4v) is 4.51. The molecule has 0 amide bonds. The predicted octanol–water partition coefficient (Wildman–Crippen LogP) is 4.72. The van der Waals surface area contributed by atoms with Crippen LogP contribution >= 0.6 is 46.4 Å². The van der Waals surface area contributed by atoms with Crippen molar-refractivity contribution in [2.75, 3.05) is 0 Å². The quantitative estimate of drug-likeness (QED) is 0.622. The number of alkyl halides is 4. The Morgan fingerprint density at radius 2 is 1.38 bits per heavy atom. The minimum atomic E-state index is -4.17. The van der Waals surface area contributed by atoms with Crippen LogP contribution in [0.4, 0.5) is 0 Å². The van der Waals surface area contributed by atoms with Crippen molar-refractivity contribution in [1.82, 2.24) is 0 Å². The maximum atomic E-state index is 12.7. The molecule has 2 aromatic rings. The van der Waals surface area contributed by atoms with Gasteiger partial charge in [-0.1, -0.05) is 88.4 Å². The van der Waals surface area contributed by atoms with Gasteiger partial charge in [0.25, 0.3) is 10.0 Å². The van der Waals surface area contributed by atoms with Crippen molar-refractivity contribution in [3.63, 3.8) is 0 Å². The molecule has 0 bridgehead atoms. The highest BCUT2D eigenvalue weighted by atomic mass is 35.5. The van der Waals surface area contributed by atoms with Gasteiger partial charge < -0.3 is 0 Å². The molecule has 1 aliphatic rings. The first kappa shape index (κ1) is 19.6. The number of rotatable bonds is 2. The largest absolute Gasteiger partial charge is 0.291 e. The molecule has 136 valence electrons. The molecule has 0 N–H and O–H groups in total. The first-order chi connectivity index (χ1) is 12.0. The van der Waals surface area contributed by atoms with E-state index in [4.69, 9.17) is 46.4 Å². The predicted molar refractivity (Wildman–Crippen MR) is 105 cm³/mol. The van der Waals surface area contributed by atoms with E-state index in [9.17, 15) is 13.2 Å². The molecule has 2 aromatic carbocycles. The summed E-state index contributed by atoms with van der Waals surface area (Å²) in [6.07, 6.45) is 0. The Balaban J connectivity index is 2.28. The minimum absolute atomic E-state index is 0.0520. The molecule has 0 unspecified atom stereocenters. The number of ketones is 1. The smallest absolute Gasteiger partial charge is 0.282 e. The summed E-state index contributed by atoms with van der Waals surface area (Å²) < 4.78 is 24.7. The Hall–Kier alpha value is -1.11. The van der Waals surface area contributed by atoms with Crippen LogP contribution < -0.4 is 0 Å². The lowest BCUT2D eigenvalue weighted by Crippen LogP contribution is -2.53. The summed E-state index contributed by atoms with van der Waals surface area (Å²) in [6.45, 7) is 1.82. The summed E-state index contributed by atoms with van der Waals surface area (Å²) in [5, 5.41) is 0. The van der Waals surface area contributed by atoms with Gasteiger partial charge in [-0.3, -0.25) is 4.79 Å². The summed E-state index contributed by atoms with van der Waals surface area (Å²) in [4.78, 5) is 12.5. The van der Waals surface area contributed by atoms with E-state index in [1.807, 2.05) is 6.92 Å². The molecule has 26 heavy (non-hydrogen) atoms. The highest BCUT2D eigenvalue weighted by molar-refractivity contribution is 7.90. The molecule has 0 spiro atoms. The third kappa shape index (κ3) is 3.06. The van der Waals surface area contributed by atoms with E-state index in [0.717, 1.165) is 5.56 Å². The summed E-state index contributed by atoms with van der Waals surface area (Å²) in [6, 6.07) is 12.2. The number of Topliss-reactive ketones (excluding diaryl/α,β-unsaturated/α-hetero) is 1. The second kappa shape index (κ2) is 6.50. The number of benzene rings is 2. The van der Waals surface area contributed by atoms with Crippen molar-refractivity contribution in [3.8, 4) is 0 Å². The Labute approximate surface area is 170 Å². The van der Waals surface area contributed by atoms with E-state index in [1.54, 1.807) is 24.3 Å². The molecular weight excluding hydrogens is 440 g/mol. The maximum Gasteiger partial charge on any atom is 0.282 e. The highest BCUT2D eigenvalue weighted by Crippen LogP contribution is 2.51. The van der Waals surface area contributed by atoms with Gasteiger partial charge in [-0.25, -0.2) is 0 Å². The van der Waals surface area contributed by atoms with Crippen LogP contribution in [0.25, 0.3) is 0 Å². The number of carbonyl (C=O) groups is 1. The first-order valence-corrected chi connectivity index (χ1v) is 10.3. The average Bonchev–Trinajstić information content (AvgIpc) is 2.58. The summed E-state index contributed by atoms with van der Waals surface area (Å²) >= 11 is 24.7. The van der Waals surface area contributed by atoms with Crippen LogP contribution in [0.1, 0.15) is 21.5 Å². The second-order valence-corrected chi connectivity index (χ2v) is 10.0. The van der Waals surface area contributed by atoms with E-state index in [0.29, 0.717) is 0 Å². The Morgan fingerprint density at radius 1 is 0.846 bits per heavy atom. The van der Waals surface area contributed by atoms with Gasteiger partial charge >= 0.3 is 0 Å². The summed E-state index contributed by atoms with van der Waals surface area (Å²) in [7, 11) is -4.17. The number of carbonyl (C=O) groups excluding carboxylic acids is 1. The summed E-state index contributed by atoms with van der Waals surface area (Å²) in [5.74, 6) is -0.729. The first-order valence-electron chi connectivity index (χ1n) is 7.30. The average molecular weight is 451 g/mol. The Bertz CT molecular complexity index is 1030. The molecule has 0 atom stereocenters. The molecule has 1 aliphatic carbocycles. The number of aryl methyl sites for hydroxylation is 1. The Morgan fingerprint density at radius 3 is 1.96 bits per heavy atom. The Kier molecular flexibility index (Phi) is 4.91. The molecule has 0 fully saturated rings. The lowest BCUT2D eigenvalue weighted by atomic mass is 9.87. The number of hydrogen-bond acceptors (Lipinski definition) is 3. The number of nitrogens with zero attached hydrogens (tertiary/aromatic N) is 1. The van der Waals surface area contributed by atoms with E-state index in [-0.39, 0.29) is 21.7 Å². The second-order valence-electron chi connectivity index (χ2n) is 5.75. The normalized spacial score (nSPS) is 20.0. The van der Waals surface area contributed by atoms with Crippen LogP contribution in [0, 0.1) is 6.92 Å². The van der Waals surface area contributed by atoms with Crippen molar-refractivity contribution >= 4 is 67.9 Å². The van der Waals surface area contributed by atoms with Crippen molar-refractivity contribution in [1.29, 1.82) is 0 Å². The zero-order valence-electron chi connectivity index (χ0n) is 13.2. The van der Waals surface area contributed by atoms with Crippen LogP contribution in [0.15, 0.2) is 57.8 Å². The van der Waals surface area contributed by atoms with Crippen molar-refractivity contribution < 1.29 is 13.2 Å². The number of halogens is 4. The van der Waals surface area contributed by atoms with Crippen molar-refractivity contribution in [3.05, 3.63) is 65.2 Å². The van der Waals surface area contributed by atoms with E-state index >= 15 is 0 Å². The molecule has 0 aliphatic heterocycles. The maximum absolute atomic E-state index is 12.7. The van der Waals surface area contributed by atoms with Crippen LogP contribution in [-0.2, 0) is 10.0 Å². The zero-order chi connectivity index (χ0) is 19.3. The van der Waals surface area contributed by atoms with Crippen molar-refractivity contribution in [2.24, 2.45) is 4.40 Å².